The van der Waals surface area contributed by atoms with Crippen molar-refractivity contribution >= 4 is 11.9 Å². The molecule has 0 spiro atoms. The molecule has 1 rings (SSSR count). The first-order chi connectivity index (χ1) is 10.7. The molecule has 1 aromatic carbocycles. The van der Waals surface area contributed by atoms with E-state index < -0.39 is 0 Å². The van der Waals surface area contributed by atoms with Gasteiger partial charge in [0.25, 0.3) is 0 Å². The predicted octanol–water partition coefficient (Wildman–Crippen LogP) is 1.88. The van der Waals surface area contributed by atoms with Crippen LogP contribution in [0.3, 0.4) is 0 Å². The average Bonchev–Trinajstić information content (AvgIpc) is 2.52. The number of rotatable bonds is 8. The van der Waals surface area contributed by atoms with Crippen molar-refractivity contribution in [2.24, 2.45) is 4.99 Å². The molecule has 5 nitrogen and oxygen atoms in total. The molecule has 0 saturated carbocycles. The number of guanidine groups is 1. The summed E-state index contributed by atoms with van der Waals surface area (Å²) in [7, 11) is 3.09. The van der Waals surface area contributed by atoms with Gasteiger partial charge in [0.15, 0.2) is 5.96 Å². The van der Waals surface area contributed by atoms with Gasteiger partial charge < -0.3 is 15.4 Å². The molecule has 122 valence electrons. The fraction of sp³-hybridized carbons (Fsp3) is 0.500. The lowest BCUT2D eigenvalue weighted by atomic mass is 10.1. The van der Waals surface area contributed by atoms with Crippen molar-refractivity contribution < 1.29 is 13.9 Å². The minimum absolute atomic E-state index is 0.183. The summed E-state index contributed by atoms with van der Waals surface area (Å²) >= 11 is 0. The number of benzene rings is 1. The van der Waals surface area contributed by atoms with E-state index in [-0.39, 0.29) is 11.8 Å². The van der Waals surface area contributed by atoms with E-state index in [0.29, 0.717) is 18.9 Å². The van der Waals surface area contributed by atoms with Crippen molar-refractivity contribution in [2.45, 2.75) is 25.7 Å². The second kappa shape index (κ2) is 10.6. The van der Waals surface area contributed by atoms with Crippen LogP contribution in [-0.4, -0.2) is 39.2 Å². The highest BCUT2D eigenvalue weighted by atomic mass is 19.1. The minimum Gasteiger partial charge on any atom is -0.469 e. The number of carbonyl (C=O) groups is 1. The SMILES string of the molecule is CN=C(NCCCCC(=O)OC)NCCc1cccc(F)c1. The number of hydrogen-bond donors (Lipinski definition) is 2. The summed E-state index contributed by atoms with van der Waals surface area (Å²) in [6.45, 7) is 1.40. The first kappa shape index (κ1) is 17.9. The molecule has 0 aliphatic rings. The molecular formula is C16H24FN3O2. The fourth-order valence-corrected chi connectivity index (χ4v) is 1.94. The number of hydrogen-bond acceptors (Lipinski definition) is 3. The van der Waals surface area contributed by atoms with Gasteiger partial charge in [-0.3, -0.25) is 9.79 Å². The van der Waals surface area contributed by atoms with Gasteiger partial charge in [0.2, 0.25) is 0 Å². The highest BCUT2D eigenvalue weighted by molar-refractivity contribution is 5.79. The summed E-state index contributed by atoms with van der Waals surface area (Å²) < 4.78 is 17.6. The third-order valence-electron chi connectivity index (χ3n) is 3.15. The monoisotopic (exact) mass is 309 g/mol. The highest BCUT2D eigenvalue weighted by Gasteiger charge is 2.01. The van der Waals surface area contributed by atoms with Gasteiger partial charge in [0.1, 0.15) is 5.82 Å². The Labute approximate surface area is 131 Å². The summed E-state index contributed by atoms with van der Waals surface area (Å²) in [6, 6.07) is 6.57. The molecule has 0 radical (unpaired) electrons. The van der Waals surface area contributed by atoms with Crippen LogP contribution in [0.5, 0.6) is 0 Å². The first-order valence-corrected chi connectivity index (χ1v) is 7.41. The van der Waals surface area contributed by atoms with Crippen LogP contribution < -0.4 is 10.6 Å². The van der Waals surface area contributed by atoms with Crippen LogP contribution in [0.1, 0.15) is 24.8 Å². The Hall–Kier alpha value is -2.11. The number of methoxy groups -OCH3 is 1. The molecule has 0 saturated heterocycles. The van der Waals surface area contributed by atoms with E-state index in [1.165, 1.54) is 19.2 Å². The molecule has 0 heterocycles. The lowest BCUT2D eigenvalue weighted by Gasteiger charge is -2.11. The van der Waals surface area contributed by atoms with Gasteiger partial charge in [0, 0.05) is 26.6 Å². The molecule has 0 fully saturated rings. The quantitative estimate of drug-likeness (QED) is 0.333. The molecule has 0 aliphatic carbocycles. The van der Waals surface area contributed by atoms with E-state index >= 15 is 0 Å². The molecule has 22 heavy (non-hydrogen) atoms. The Morgan fingerprint density at radius 1 is 1.27 bits per heavy atom. The van der Waals surface area contributed by atoms with Crippen LogP contribution in [0.4, 0.5) is 4.39 Å². The van der Waals surface area contributed by atoms with Crippen LogP contribution in [0.15, 0.2) is 29.3 Å². The van der Waals surface area contributed by atoms with Gasteiger partial charge in [-0.15, -0.1) is 0 Å². The van der Waals surface area contributed by atoms with E-state index in [4.69, 9.17) is 0 Å². The molecule has 0 atom stereocenters. The molecule has 0 aliphatic heterocycles. The van der Waals surface area contributed by atoms with Gasteiger partial charge in [-0.25, -0.2) is 4.39 Å². The Morgan fingerprint density at radius 3 is 2.73 bits per heavy atom. The van der Waals surface area contributed by atoms with Crippen LogP contribution in [0.25, 0.3) is 0 Å². The number of ether oxygens (including phenoxy) is 1. The Balaban J connectivity index is 2.16. The van der Waals surface area contributed by atoms with Crippen LogP contribution in [-0.2, 0) is 16.0 Å². The normalized spacial score (nSPS) is 11.1. The van der Waals surface area contributed by atoms with Crippen molar-refractivity contribution in [3.63, 3.8) is 0 Å². The Kier molecular flexibility index (Phi) is 8.64. The molecular weight excluding hydrogens is 285 g/mol. The molecule has 2 N–H and O–H groups in total. The summed E-state index contributed by atoms with van der Waals surface area (Å²) in [5, 5.41) is 6.34. The first-order valence-electron chi connectivity index (χ1n) is 7.41. The van der Waals surface area contributed by atoms with E-state index in [1.54, 1.807) is 13.1 Å². The van der Waals surface area contributed by atoms with Gasteiger partial charge in [-0.1, -0.05) is 12.1 Å². The molecule has 0 aromatic heterocycles. The smallest absolute Gasteiger partial charge is 0.305 e. The van der Waals surface area contributed by atoms with Crippen molar-refractivity contribution in [1.29, 1.82) is 0 Å². The van der Waals surface area contributed by atoms with E-state index in [9.17, 15) is 9.18 Å². The second-order valence-electron chi connectivity index (χ2n) is 4.84. The zero-order valence-corrected chi connectivity index (χ0v) is 13.2. The lowest BCUT2D eigenvalue weighted by Crippen LogP contribution is -2.38. The van der Waals surface area contributed by atoms with Gasteiger partial charge in [0.05, 0.1) is 7.11 Å². The number of nitrogens with zero attached hydrogens (tertiary/aromatic N) is 1. The molecule has 0 amide bonds. The van der Waals surface area contributed by atoms with Crippen LogP contribution >= 0.6 is 0 Å². The second-order valence-corrected chi connectivity index (χ2v) is 4.84. The maximum Gasteiger partial charge on any atom is 0.305 e. The summed E-state index contributed by atoms with van der Waals surface area (Å²) in [5.41, 5.74) is 0.945. The lowest BCUT2D eigenvalue weighted by molar-refractivity contribution is -0.140. The largest absolute Gasteiger partial charge is 0.469 e. The number of aliphatic imine (C=N–C) groups is 1. The molecule has 1 aromatic rings. The molecule has 6 heteroatoms. The third-order valence-corrected chi connectivity index (χ3v) is 3.15. The number of unbranched alkanes of at least 4 members (excludes halogenated alkanes) is 1. The van der Waals surface area contributed by atoms with Crippen molar-refractivity contribution in [3.8, 4) is 0 Å². The molecule has 0 bridgehead atoms. The number of carbonyl (C=O) groups excluding carboxylic acids is 1. The summed E-state index contributed by atoms with van der Waals surface area (Å²) in [4.78, 5) is 15.1. The van der Waals surface area contributed by atoms with Crippen molar-refractivity contribution in [1.82, 2.24) is 10.6 Å². The van der Waals surface area contributed by atoms with Gasteiger partial charge in [-0.2, -0.15) is 0 Å². The topological polar surface area (TPSA) is 62.7 Å². The maximum atomic E-state index is 13.1. The van der Waals surface area contributed by atoms with Crippen molar-refractivity contribution in [3.05, 3.63) is 35.6 Å². The third kappa shape index (κ3) is 7.61. The molecule has 0 unspecified atom stereocenters. The Morgan fingerprint density at radius 2 is 2.05 bits per heavy atom. The van der Waals surface area contributed by atoms with E-state index in [2.05, 4.69) is 20.4 Å². The van der Waals surface area contributed by atoms with E-state index in [1.807, 2.05) is 6.07 Å². The number of esters is 1. The summed E-state index contributed by atoms with van der Waals surface area (Å²) in [6.07, 6.45) is 2.80. The van der Waals surface area contributed by atoms with E-state index in [0.717, 1.165) is 31.4 Å². The zero-order chi connectivity index (χ0) is 16.2. The van der Waals surface area contributed by atoms with Crippen LogP contribution in [0.2, 0.25) is 0 Å². The van der Waals surface area contributed by atoms with Crippen LogP contribution in [0, 0.1) is 5.82 Å². The predicted molar refractivity (Wildman–Crippen MR) is 85.3 cm³/mol. The average molecular weight is 309 g/mol. The fourth-order valence-electron chi connectivity index (χ4n) is 1.94. The highest BCUT2D eigenvalue weighted by Crippen LogP contribution is 2.03. The van der Waals surface area contributed by atoms with Crippen molar-refractivity contribution in [2.75, 3.05) is 27.2 Å². The van der Waals surface area contributed by atoms with Gasteiger partial charge in [-0.05, 0) is 37.0 Å². The maximum absolute atomic E-state index is 13.1. The summed E-state index contributed by atoms with van der Waals surface area (Å²) in [5.74, 6) is 0.303. The standard InChI is InChI=1S/C16H24FN3O2/c1-18-16(19-10-4-3-8-15(21)22-2)20-11-9-13-6-5-7-14(17)12-13/h5-7,12H,3-4,8-11H2,1-2H3,(H2,18,19,20). The zero-order valence-electron chi connectivity index (χ0n) is 13.2. The Bertz CT molecular complexity index is 492. The number of nitrogens with one attached hydrogen (secondary N) is 2. The minimum atomic E-state index is -0.217. The van der Waals surface area contributed by atoms with Gasteiger partial charge >= 0.3 is 5.97 Å². The number of halogens is 1.